The molecule has 0 saturated heterocycles. The van der Waals surface area contributed by atoms with Crippen molar-refractivity contribution in [2.45, 2.75) is 6.42 Å². The van der Waals surface area contributed by atoms with E-state index >= 15 is 0 Å². The van der Waals surface area contributed by atoms with Gasteiger partial charge in [-0.05, 0) is 36.2 Å². The number of nitrogens with one attached hydrogen (secondary N) is 1. The molecule has 0 amide bonds. The van der Waals surface area contributed by atoms with Crippen LogP contribution in [0.1, 0.15) is 11.1 Å². The van der Waals surface area contributed by atoms with Crippen molar-refractivity contribution in [1.29, 1.82) is 5.26 Å². The minimum absolute atomic E-state index is 0.00380. The average Bonchev–Trinajstić information content (AvgIpc) is 3.29. The number of benzene rings is 3. The number of methoxy groups -OCH3 is 2. The molecule has 4 aromatic rings. The van der Waals surface area contributed by atoms with Gasteiger partial charge in [-0.3, -0.25) is 9.29 Å². The van der Waals surface area contributed by atoms with Crippen LogP contribution in [-0.4, -0.2) is 43.2 Å². The van der Waals surface area contributed by atoms with E-state index in [2.05, 4.69) is 14.9 Å². The first-order valence-corrected chi connectivity index (χ1v) is 12.4. The molecule has 0 saturated carbocycles. The number of nitrogens with zero attached hydrogens (tertiary/aromatic N) is 4. The van der Waals surface area contributed by atoms with Crippen molar-refractivity contribution in [3.63, 3.8) is 0 Å². The van der Waals surface area contributed by atoms with Crippen molar-refractivity contribution in [3.8, 4) is 34.6 Å². The lowest BCUT2D eigenvalue weighted by Crippen LogP contribution is -2.21. The van der Waals surface area contributed by atoms with Gasteiger partial charge in [0.2, 0.25) is 16.0 Å². The van der Waals surface area contributed by atoms with Crippen LogP contribution in [0.4, 0.5) is 10.3 Å². The van der Waals surface area contributed by atoms with Gasteiger partial charge in [-0.25, -0.2) is 12.8 Å². The van der Waals surface area contributed by atoms with Gasteiger partial charge in [-0.15, -0.1) is 10.2 Å². The third-order valence-electron chi connectivity index (χ3n) is 5.40. The van der Waals surface area contributed by atoms with E-state index < -0.39 is 15.8 Å². The van der Waals surface area contributed by atoms with Gasteiger partial charge < -0.3 is 9.47 Å². The Hall–Kier alpha value is -4.43. The summed E-state index contributed by atoms with van der Waals surface area (Å²) in [5, 5.41) is 17.6. The summed E-state index contributed by atoms with van der Waals surface area (Å²) in [6.07, 6.45) is -0.00380. The van der Waals surface area contributed by atoms with Crippen molar-refractivity contribution in [2.75, 3.05) is 24.7 Å². The van der Waals surface area contributed by atoms with E-state index in [4.69, 9.17) is 9.47 Å². The summed E-state index contributed by atoms with van der Waals surface area (Å²) in [5.41, 5.74) is 1.60. The number of anilines is 1. The zero-order chi connectivity index (χ0) is 25.7. The van der Waals surface area contributed by atoms with Crippen LogP contribution in [0.3, 0.4) is 0 Å². The van der Waals surface area contributed by atoms with Crippen molar-refractivity contribution < 1.29 is 22.3 Å². The second-order valence-electron chi connectivity index (χ2n) is 7.64. The molecule has 0 unspecified atom stereocenters. The number of aromatic nitrogens is 3. The lowest BCUT2D eigenvalue weighted by atomic mass is 10.1. The van der Waals surface area contributed by atoms with Gasteiger partial charge in [0.15, 0.2) is 5.82 Å². The lowest BCUT2D eigenvalue weighted by Gasteiger charge is -2.17. The van der Waals surface area contributed by atoms with E-state index in [1.54, 1.807) is 18.2 Å². The standard InChI is InChI=1S/C25H22FN5O4S/c1-34-21-9-6-10-22(35-2)23(21)31-24(18-7-4-3-5-8-18)28-29-25(31)30-36(32,33)14-13-17-11-12-20(26)15-19(17)16-27/h3-12,15H,13-14H2,1-2H3,(H,29,30). The fourth-order valence-corrected chi connectivity index (χ4v) is 4.69. The Labute approximate surface area is 207 Å². The molecule has 36 heavy (non-hydrogen) atoms. The van der Waals surface area contributed by atoms with Gasteiger partial charge in [0.25, 0.3) is 0 Å². The highest BCUT2D eigenvalue weighted by atomic mass is 32.2. The fraction of sp³-hybridized carbons (Fsp3) is 0.160. The molecule has 0 spiro atoms. The van der Waals surface area contributed by atoms with Crippen molar-refractivity contribution in [2.24, 2.45) is 0 Å². The van der Waals surface area contributed by atoms with Crippen LogP contribution in [-0.2, 0) is 16.4 Å². The molecule has 0 aliphatic rings. The van der Waals surface area contributed by atoms with Crippen molar-refractivity contribution in [3.05, 3.63) is 83.7 Å². The molecule has 1 N–H and O–H groups in total. The van der Waals surface area contributed by atoms with E-state index in [9.17, 15) is 18.1 Å². The molecular formula is C25H22FN5O4S. The molecule has 0 bridgehead atoms. The van der Waals surface area contributed by atoms with E-state index in [1.807, 2.05) is 36.4 Å². The predicted octanol–water partition coefficient (Wildman–Crippen LogP) is 3.95. The zero-order valence-electron chi connectivity index (χ0n) is 19.5. The van der Waals surface area contributed by atoms with E-state index in [-0.39, 0.29) is 23.7 Å². The summed E-state index contributed by atoms with van der Waals surface area (Å²) in [4.78, 5) is 0. The Balaban J connectivity index is 1.75. The van der Waals surface area contributed by atoms with Crippen LogP contribution < -0.4 is 14.2 Å². The summed E-state index contributed by atoms with van der Waals surface area (Å²) < 4.78 is 54.7. The first kappa shape index (κ1) is 24.7. The highest BCUT2D eigenvalue weighted by molar-refractivity contribution is 7.92. The highest BCUT2D eigenvalue weighted by Gasteiger charge is 2.25. The second-order valence-corrected chi connectivity index (χ2v) is 9.49. The molecule has 1 heterocycles. The van der Waals surface area contributed by atoms with E-state index in [0.717, 1.165) is 6.07 Å². The first-order valence-electron chi connectivity index (χ1n) is 10.8. The Morgan fingerprint density at radius 1 is 1.00 bits per heavy atom. The fourth-order valence-electron chi connectivity index (χ4n) is 3.69. The summed E-state index contributed by atoms with van der Waals surface area (Å²) in [7, 11) is -0.984. The number of rotatable bonds is 9. The van der Waals surface area contributed by atoms with Gasteiger partial charge in [0, 0.05) is 5.56 Å². The maximum atomic E-state index is 13.4. The summed E-state index contributed by atoms with van der Waals surface area (Å²) in [6.45, 7) is 0. The van der Waals surface area contributed by atoms with Gasteiger partial charge in [0.1, 0.15) is 23.0 Å². The summed E-state index contributed by atoms with van der Waals surface area (Å²) >= 11 is 0. The molecule has 184 valence electrons. The Morgan fingerprint density at radius 3 is 2.33 bits per heavy atom. The topological polar surface area (TPSA) is 119 Å². The minimum atomic E-state index is -3.96. The Morgan fingerprint density at radius 2 is 1.69 bits per heavy atom. The van der Waals surface area contributed by atoms with Crippen LogP contribution in [0.2, 0.25) is 0 Å². The van der Waals surface area contributed by atoms with Crippen LogP contribution >= 0.6 is 0 Å². The molecule has 9 nitrogen and oxygen atoms in total. The van der Waals surface area contributed by atoms with E-state index in [1.165, 1.54) is 30.9 Å². The quantitative estimate of drug-likeness (QED) is 0.364. The minimum Gasteiger partial charge on any atom is -0.494 e. The smallest absolute Gasteiger partial charge is 0.243 e. The van der Waals surface area contributed by atoms with Crippen LogP contribution in [0, 0.1) is 17.1 Å². The number of aryl methyl sites for hydroxylation is 1. The number of halogens is 1. The number of para-hydroxylation sites is 1. The SMILES string of the molecule is COc1cccc(OC)c1-n1c(NS(=O)(=O)CCc2ccc(F)cc2C#N)nnc1-c1ccccc1. The predicted molar refractivity (Wildman–Crippen MR) is 132 cm³/mol. The third kappa shape index (κ3) is 5.13. The molecule has 4 rings (SSSR count). The molecule has 11 heteroatoms. The highest BCUT2D eigenvalue weighted by Crippen LogP contribution is 2.37. The number of sulfonamides is 1. The molecule has 0 aliphatic carbocycles. The maximum absolute atomic E-state index is 13.4. The maximum Gasteiger partial charge on any atom is 0.243 e. The van der Waals surface area contributed by atoms with Crippen molar-refractivity contribution >= 4 is 16.0 Å². The number of hydrogen-bond donors (Lipinski definition) is 1. The van der Waals surface area contributed by atoms with Crippen LogP contribution in [0.5, 0.6) is 11.5 Å². The molecule has 1 aromatic heterocycles. The van der Waals surface area contributed by atoms with E-state index in [0.29, 0.717) is 34.1 Å². The van der Waals surface area contributed by atoms with Crippen molar-refractivity contribution in [1.82, 2.24) is 14.8 Å². The summed E-state index contributed by atoms with van der Waals surface area (Å²) in [6, 6.07) is 19.9. The van der Waals surface area contributed by atoms with Gasteiger partial charge >= 0.3 is 0 Å². The zero-order valence-corrected chi connectivity index (χ0v) is 20.3. The molecule has 0 aliphatic heterocycles. The third-order valence-corrected chi connectivity index (χ3v) is 6.63. The van der Waals surface area contributed by atoms with Gasteiger partial charge in [-0.2, -0.15) is 5.26 Å². The van der Waals surface area contributed by atoms with Crippen LogP contribution in [0.15, 0.2) is 66.7 Å². The number of ether oxygens (including phenoxy) is 2. The molecule has 0 atom stereocenters. The average molecular weight is 508 g/mol. The lowest BCUT2D eigenvalue weighted by molar-refractivity contribution is 0.391. The van der Waals surface area contributed by atoms with Crippen LogP contribution in [0.25, 0.3) is 17.1 Å². The molecule has 0 fully saturated rings. The first-order chi connectivity index (χ1) is 17.4. The monoisotopic (exact) mass is 507 g/mol. The van der Waals surface area contributed by atoms with Gasteiger partial charge in [0.05, 0.1) is 31.6 Å². The van der Waals surface area contributed by atoms with Gasteiger partial charge in [-0.1, -0.05) is 42.5 Å². The Bertz CT molecular complexity index is 1510. The largest absolute Gasteiger partial charge is 0.494 e. The molecular weight excluding hydrogens is 485 g/mol. The molecule has 3 aromatic carbocycles. The Kier molecular flexibility index (Phi) is 7.17. The summed E-state index contributed by atoms with van der Waals surface area (Å²) in [5.74, 6) is 0.180. The normalized spacial score (nSPS) is 11.1. The second kappa shape index (κ2) is 10.5. The number of nitriles is 1. The molecule has 0 radical (unpaired) electrons. The number of hydrogen-bond acceptors (Lipinski definition) is 7.